The maximum absolute atomic E-state index is 12.3. The third-order valence-corrected chi connectivity index (χ3v) is 4.25. The van der Waals surface area contributed by atoms with Crippen molar-refractivity contribution in [3.05, 3.63) is 35.4 Å². The highest BCUT2D eigenvalue weighted by Gasteiger charge is 2.46. The Hall–Kier alpha value is -1.69. The van der Waals surface area contributed by atoms with E-state index in [1.807, 2.05) is 0 Å². The summed E-state index contributed by atoms with van der Waals surface area (Å²) < 4.78 is 10.1. The summed E-state index contributed by atoms with van der Waals surface area (Å²) in [5.74, 6) is -1.31. The number of rotatable bonds is 9. The van der Waals surface area contributed by atoms with Crippen molar-refractivity contribution in [1.82, 2.24) is 0 Å². The van der Waals surface area contributed by atoms with Crippen LogP contribution < -0.4 is 0 Å². The maximum Gasteiger partial charge on any atom is 0.327 e. The highest BCUT2D eigenvalue weighted by atomic mass is 79.9. The van der Waals surface area contributed by atoms with Gasteiger partial charge in [0.05, 0.1) is 13.2 Å². The van der Waals surface area contributed by atoms with E-state index >= 15 is 0 Å². The number of Topliss-reactive ketones (excluding diaryl/α,β-unsaturated/α-hetero) is 1. The van der Waals surface area contributed by atoms with E-state index in [9.17, 15) is 14.4 Å². The van der Waals surface area contributed by atoms with Gasteiger partial charge >= 0.3 is 11.9 Å². The van der Waals surface area contributed by atoms with Gasteiger partial charge in [-0.15, -0.1) is 0 Å². The van der Waals surface area contributed by atoms with Crippen molar-refractivity contribution in [1.29, 1.82) is 0 Å². The van der Waals surface area contributed by atoms with Gasteiger partial charge in [0.15, 0.2) is 11.2 Å². The molecule has 1 rings (SSSR count). The fourth-order valence-corrected chi connectivity index (χ4v) is 2.51. The zero-order chi connectivity index (χ0) is 18.2. The van der Waals surface area contributed by atoms with E-state index in [2.05, 4.69) is 15.9 Å². The van der Waals surface area contributed by atoms with Gasteiger partial charge in [-0.3, -0.25) is 14.4 Å². The second kappa shape index (κ2) is 9.57. The second-order valence-corrected chi connectivity index (χ2v) is 6.15. The molecule has 0 saturated carbocycles. The zero-order valence-corrected chi connectivity index (χ0v) is 15.9. The van der Waals surface area contributed by atoms with E-state index in [1.54, 1.807) is 38.1 Å². The molecule has 0 aliphatic heterocycles. The summed E-state index contributed by atoms with van der Waals surface area (Å²) in [6.07, 6.45) is 1.20. The van der Waals surface area contributed by atoms with Crippen LogP contribution in [0.1, 0.15) is 49.5 Å². The van der Waals surface area contributed by atoms with Crippen LogP contribution in [0.25, 0.3) is 0 Å². The standard InChI is InChI=1S/C18H23BrO5/c1-4-23-16(21)18(3,17(22)24-5-2)14-10-8-13(9-11-14)15(20)7-6-12-19/h8-11H,4-7,12H2,1-3H3. The minimum atomic E-state index is -1.55. The van der Waals surface area contributed by atoms with Crippen molar-refractivity contribution in [3.63, 3.8) is 0 Å². The Balaban J connectivity index is 3.13. The molecule has 0 atom stereocenters. The number of esters is 2. The number of carbonyl (C=O) groups is 3. The van der Waals surface area contributed by atoms with Gasteiger partial charge in [-0.25, -0.2) is 0 Å². The predicted octanol–water partition coefficient (Wildman–Crippen LogP) is 3.43. The molecule has 0 aliphatic carbocycles. The normalized spacial score (nSPS) is 11.0. The van der Waals surface area contributed by atoms with Crippen LogP contribution in [0.3, 0.4) is 0 Å². The van der Waals surface area contributed by atoms with E-state index in [0.29, 0.717) is 17.5 Å². The van der Waals surface area contributed by atoms with Crippen LogP contribution in [-0.4, -0.2) is 36.3 Å². The van der Waals surface area contributed by atoms with Gasteiger partial charge in [0, 0.05) is 17.3 Å². The minimum Gasteiger partial charge on any atom is -0.465 e. The summed E-state index contributed by atoms with van der Waals surface area (Å²) in [4.78, 5) is 36.7. The highest BCUT2D eigenvalue weighted by molar-refractivity contribution is 9.09. The van der Waals surface area contributed by atoms with Crippen LogP contribution in [0.4, 0.5) is 0 Å². The molecule has 0 spiro atoms. The van der Waals surface area contributed by atoms with Crippen LogP contribution in [-0.2, 0) is 24.5 Å². The van der Waals surface area contributed by atoms with Crippen LogP contribution in [0.5, 0.6) is 0 Å². The monoisotopic (exact) mass is 398 g/mol. The van der Waals surface area contributed by atoms with Crippen molar-refractivity contribution in [3.8, 4) is 0 Å². The first-order valence-electron chi connectivity index (χ1n) is 7.95. The van der Waals surface area contributed by atoms with Crippen LogP contribution in [0.2, 0.25) is 0 Å². The van der Waals surface area contributed by atoms with Gasteiger partial charge in [-0.2, -0.15) is 0 Å². The molecular weight excluding hydrogens is 376 g/mol. The molecule has 5 nitrogen and oxygen atoms in total. The number of carbonyl (C=O) groups excluding carboxylic acids is 3. The van der Waals surface area contributed by atoms with Gasteiger partial charge < -0.3 is 9.47 Å². The lowest BCUT2D eigenvalue weighted by atomic mass is 9.82. The predicted molar refractivity (Wildman–Crippen MR) is 94.4 cm³/mol. The second-order valence-electron chi connectivity index (χ2n) is 5.36. The number of hydrogen-bond acceptors (Lipinski definition) is 5. The van der Waals surface area contributed by atoms with Gasteiger partial charge in [0.25, 0.3) is 0 Å². The Morgan fingerprint density at radius 3 is 1.92 bits per heavy atom. The Morgan fingerprint density at radius 1 is 1.00 bits per heavy atom. The number of alkyl halides is 1. The lowest BCUT2D eigenvalue weighted by Gasteiger charge is -2.25. The number of ether oxygens (including phenoxy) is 2. The molecule has 0 aliphatic rings. The van der Waals surface area contributed by atoms with E-state index in [1.165, 1.54) is 6.92 Å². The minimum absolute atomic E-state index is 0.0231. The number of ketones is 1. The van der Waals surface area contributed by atoms with Gasteiger partial charge in [-0.05, 0) is 32.8 Å². The summed E-state index contributed by atoms with van der Waals surface area (Å²) >= 11 is 3.29. The number of hydrogen-bond donors (Lipinski definition) is 0. The average molecular weight is 399 g/mol. The first-order valence-corrected chi connectivity index (χ1v) is 9.08. The molecular formula is C18H23BrO5. The Bertz CT molecular complexity index is 562. The number of halogens is 1. The molecule has 6 heteroatoms. The van der Waals surface area contributed by atoms with E-state index in [0.717, 1.165) is 11.8 Å². The molecule has 0 amide bonds. The van der Waals surface area contributed by atoms with Crippen molar-refractivity contribution in [2.45, 2.75) is 39.0 Å². The molecule has 0 saturated heterocycles. The SMILES string of the molecule is CCOC(=O)C(C)(C(=O)OCC)c1ccc(C(=O)CCCBr)cc1. The summed E-state index contributed by atoms with van der Waals surface area (Å²) in [6, 6.07) is 6.47. The van der Waals surface area contributed by atoms with E-state index in [-0.39, 0.29) is 19.0 Å². The molecule has 0 radical (unpaired) electrons. The molecule has 1 aromatic carbocycles. The van der Waals surface area contributed by atoms with Gasteiger partial charge in [0.1, 0.15) is 0 Å². The Morgan fingerprint density at radius 2 is 1.50 bits per heavy atom. The Kier molecular flexibility index (Phi) is 8.11. The Labute approximate surface area is 150 Å². The summed E-state index contributed by atoms with van der Waals surface area (Å²) in [5, 5.41) is 0.764. The molecule has 24 heavy (non-hydrogen) atoms. The third-order valence-electron chi connectivity index (χ3n) is 3.69. The third kappa shape index (κ3) is 4.66. The quantitative estimate of drug-likeness (QED) is 0.275. The number of benzene rings is 1. The first-order chi connectivity index (χ1) is 11.4. The highest BCUT2D eigenvalue weighted by Crippen LogP contribution is 2.28. The van der Waals surface area contributed by atoms with Crippen LogP contribution in [0.15, 0.2) is 24.3 Å². The molecule has 132 valence electrons. The summed E-state index contributed by atoms with van der Waals surface area (Å²) in [5.41, 5.74) is -0.560. The van der Waals surface area contributed by atoms with Crippen molar-refractivity contribution >= 4 is 33.7 Å². The summed E-state index contributed by atoms with van der Waals surface area (Å²) in [7, 11) is 0. The van der Waals surface area contributed by atoms with Gasteiger partial charge in [-0.1, -0.05) is 40.2 Å². The van der Waals surface area contributed by atoms with Crippen molar-refractivity contribution in [2.75, 3.05) is 18.5 Å². The maximum atomic E-state index is 12.3. The van der Waals surface area contributed by atoms with Crippen LogP contribution >= 0.6 is 15.9 Å². The summed E-state index contributed by atoms with van der Waals surface area (Å²) in [6.45, 7) is 5.16. The topological polar surface area (TPSA) is 69.7 Å². The first kappa shape index (κ1) is 20.4. The molecule has 0 fully saturated rings. The van der Waals surface area contributed by atoms with Crippen molar-refractivity contribution in [2.24, 2.45) is 0 Å². The van der Waals surface area contributed by atoms with Gasteiger partial charge in [0.2, 0.25) is 0 Å². The molecule has 0 heterocycles. The van der Waals surface area contributed by atoms with Crippen molar-refractivity contribution < 1.29 is 23.9 Å². The largest absolute Gasteiger partial charge is 0.465 e. The van der Waals surface area contributed by atoms with E-state index < -0.39 is 17.4 Å². The molecule has 1 aromatic rings. The molecule has 0 bridgehead atoms. The smallest absolute Gasteiger partial charge is 0.327 e. The zero-order valence-electron chi connectivity index (χ0n) is 14.3. The molecule has 0 aromatic heterocycles. The molecule has 0 unspecified atom stereocenters. The molecule has 0 N–H and O–H groups in total. The fraction of sp³-hybridized carbons (Fsp3) is 0.500. The lowest BCUT2D eigenvalue weighted by molar-refractivity contribution is -0.163. The van der Waals surface area contributed by atoms with E-state index in [4.69, 9.17) is 9.47 Å². The lowest BCUT2D eigenvalue weighted by Crippen LogP contribution is -2.43. The fourth-order valence-electron chi connectivity index (χ4n) is 2.23. The van der Waals surface area contributed by atoms with Crippen LogP contribution in [0, 0.1) is 0 Å². The average Bonchev–Trinajstić information content (AvgIpc) is 2.59.